The second-order valence-electron chi connectivity index (χ2n) is 7.18. The van der Waals surface area contributed by atoms with E-state index in [-0.39, 0.29) is 35.3 Å². The van der Waals surface area contributed by atoms with Crippen LogP contribution < -0.4 is 29.6 Å². The molecule has 0 spiro atoms. The number of unbranched alkanes of at least 4 members (excludes halogenated alkanes) is 14. The first-order chi connectivity index (χ1) is 12.1. The molecular formula is C20H41NaO4S. The van der Waals surface area contributed by atoms with Gasteiger partial charge in [0.15, 0.2) is 0 Å². The first-order valence-corrected chi connectivity index (χ1v) is 12.2. The predicted molar refractivity (Wildman–Crippen MR) is 105 cm³/mol. The van der Waals surface area contributed by atoms with Gasteiger partial charge in [-0.05, 0) is 19.3 Å². The molecular weight excluding hydrogens is 359 g/mol. The molecule has 6 heteroatoms. The van der Waals surface area contributed by atoms with E-state index in [1.54, 1.807) is 0 Å². The molecule has 0 aliphatic carbocycles. The minimum Gasteiger partial charge on any atom is -0.748 e. The molecule has 0 saturated carbocycles. The van der Waals surface area contributed by atoms with Crippen LogP contribution in [0.3, 0.4) is 0 Å². The van der Waals surface area contributed by atoms with Crippen LogP contribution in [0, 0.1) is 0 Å². The Morgan fingerprint density at radius 3 is 1.35 bits per heavy atom. The molecule has 152 valence electrons. The van der Waals surface area contributed by atoms with Gasteiger partial charge in [0.25, 0.3) is 0 Å². The molecule has 0 radical (unpaired) electrons. The minimum atomic E-state index is -4.05. The van der Waals surface area contributed by atoms with Gasteiger partial charge in [0.05, 0.1) is 10.1 Å². The third-order valence-electron chi connectivity index (χ3n) is 4.58. The van der Waals surface area contributed by atoms with Gasteiger partial charge >= 0.3 is 29.6 Å². The standard InChI is InChI=1S/C20H42O4S.Na/c1-2-3-4-5-6-7-8-9-10-11-12-13-14-15-18-24-19-16-17-20-25(21,22)23;/h2-20H2,1H3,(H,21,22,23);/q;+1/p-1. The Bertz CT molecular complexity index is 361. The van der Waals surface area contributed by atoms with Crippen molar-refractivity contribution in [1.82, 2.24) is 0 Å². The molecule has 0 unspecified atom stereocenters. The zero-order valence-electron chi connectivity index (χ0n) is 17.5. The fourth-order valence-electron chi connectivity index (χ4n) is 2.98. The van der Waals surface area contributed by atoms with Gasteiger partial charge in [-0.25, -0.2) is 8.42 Å². The van der Waals surface area contributed by atoms with E-state index in [4.69, 9.17) is 4.74 Å². The zero-order valence-corrected chi connectivity index (χ0v) is 20.3. The van der Waals surface area contributed by atoms with Crippen molar-refractivity contribution in [2.45, 2.75) is 110 Å². The van der Waals surface area contributed by atoms with Crippen LogP contribution in [0.2, 0.25) is 0 Å². The second-order valence-corrected chi connectivity index (χ2v) is 8.70. The van der Waals surface area contributed by atoms with Crippen LogP contribution in [0.15, 0.2) is 0 Å². The van der Waals surface area contributed by atoms with Gasteiger partial charge in [-0.3, -0.25) is 0 Å². The molecule has 0 atom stereocenters. The van der Waals surface area contributed by atoms with Crippen molar-refractivity contribution in [2.75, 3.05) is 19.0 Å². The Morgan fingerprint density at radius 2 is 0.962 bits per heavy atom. The van der Waals surface area contributed by atoms with E-state index < -0.39 is 10.1 Å². The van der Waals surface area contributed by atoms with E-state index in [2.05, 4.69) is 6.92 Å². The van der Waals surface area contributed by atoms with Gasteiger partial charge in [-0.2, -0.15) is 0 Å². The summed E-state index contributed by atoms with van der Waals surface area (Å²) in [5, 5.41) is 0. The second kappa shape index (κ2) is 22.2. The van der Waals surface area contributed by atoms with E-state index in [0.717, 1.165) is 13.0 Å². The van der Waals surface area contributed by atoms with Crippen molar-refractivity contribution in [3.63, 3.8) is 0 Å². The topological polar surface area (TPSA) is 66.4 Å². The van der Waals surface area contributed by atoms with E-state index >= 15 is 0 Å². The summed E-state index contributed by atoms with van der Waals surface area (Å²) in [5.74, 6) is -0.269. The van der Waals surface area contributed by atoms with Crippen molar-refractivity contribution in [3.05, 3.63) is 0 Å². The number of rotatable bonds is 20. The smallest absolute Gasteiger partial charge is 0.748 e. The van der Waals surface area contributed by atoms with Crippen LogP contribution in [0.25, 0.3) is 0 Å². The molecule has 4 nitrogen and oxygen atoms in total. The van der Waals surface area contributed by atoms with Crippen molar-refractivity contribution in [2.24, 2.45) is 0 Å². The van der Waals surface area contributed by atoms with E-state index in [9.17, 15) is 13.0 Å². The summed E-state index contributed by atoms with van der Waals surface area (Å²) in [6.45, 7) is 3.58. The molecule has 0 aromatic rings. The van der Waals surface area contributed by atoms with Gasteiger partial charge in [0.1, 0.15) is 0 Å². The first-order valence-electron chi connectivity index (χ1n) is 10.6. The number of ether oxygens (including phenoxy) is 1. The van der Waals surface area contributed by atoms with Crippen LogP contribution >= 0.6 is 0 Å². The summed E-state index contributed by atoms with van der Waals surface area (Å²) in [7, 11) is -4.05. The molecule has 0 rings (SSSR count). The largest absolute Gasteiger partial charge is 1.00 e. The van der Waals surface area contributed by atoms with Crippen LogP contribution in [0.1, 0.15) is 110 Å². The van der Waals surface area contributed by atoms with Crippen molar-refractivity contribution < 1.29 is 47.3 Å². The Hall–Kier alpha value is 0.870. The van der Waals surface area contributed by atoms with Crippen LogP contribution in [-0.4, -0.2) is 31.9 Å². The maximum atomic E-state index is 10.4. The van der Waals surface area contributed by atoms with Gasteiger partial charge in [0, 0.05) is 19.0 Å². The quantitative estimate of drug-likeness (QED) is 0.179. The van der Waals surface area contributed by atoms with Gasteiger partial charge in [-0.15, -0.1) is 0 Å². The predicted octanol–water partition coefficient (Wildman–Crippen LogP) is 2.81. The molecule has 0 aromatic carbocycles. The molecule has 0 saturated heterocycles. The molecule has 0 heterocycles. The minimum absolute atomic E-state index is 0. The first kappa shape index (κ1) is 29.1. The molecule has 0 N–H and O–H groups in total. The summed E-state index contributed by atoms with van der Waals surface area (Å²) < 4.78 is 36.7. The fourth-order valence-corrected chi connectivity index (χ4v) is 3.54. The molecule has 26 heavy (non-hydrogen) atoms. The van der Waals surface area contributed by atoms with E-state index in [1.165, 1.54) is 83.5 Å². The Morgan fingerprint density at radius 1 is 0.615 bits per heavy atom. The zero-order chi connectivity index (χ0) is 18.6. The summed E-state index contributed by atoms with van der Waals surface area (Å²) in [5.41, 5.74) is 0. The van der Waals surface area contributed by atoms with Crippen molar-refractivity contribution in [3.8, 4) is 0 Å². The van der Waals surface area contributed by atoms with E-state index in [1.807, 2.05) is 0 Å². The number of hydrogen-bond donors (Lipinski definition) is 0. The summed E-state index contributed by atoms with van der Waals surface area (Å²) in [6.07, 6.45) is 19.9. The third-order valence-corrected chi connectivity index (χ3v) is 5.36. The molecule has 0 aliphatic rings. The molecule has 0 aromatic heterocycles. The Balaban J connectivity index is 0. The van der Waals surface area contributed by atoms with E-state index in [0.29, 0.717) is 19.4 Å². The Kier molecular flexibility index (Phi) is 24.8. The van der Waals surface area contributed by atoms with Gasteiger partial charge in [0.2, 0.25) is 0 Å². The van der Waals surface area contributed by atoms with Crippen molar-refractivity contribution >= 4 is 10.1 Å². The van der Waals surface area contributed by atoms with Gasteiger partial charge < -0.3 is 9.29 Å². The molecule has 0 aliphatic heterocycles. The molecule has 0 amide bonds. The SMILES string of the molecule is CCCCCCCCCCCCCCCCOCCCCS(=O)(=O)[O-].[Na+]. The normalized spacial score (nSPS) is 11.5. The Labute approximate surface area is 185 Å². The van der Waals surface area contributed by atoms with Crippen LogP contribution in [-0.2, 0) is 14.9 Å². The summed E-state index contributed by atoms with van der Waals surface area (Å²) >= 11 is 0. The average Bonchev–Trinajstić information content (AvgIpc) is 2.56. The van der Waals surface area contributed by atoms with Crippen LogP contribution in [0.4, 0.5) is 0 Å². The molecule has 0 bridgehead atoms. The maximum absolute atomic E-state index is 10.4. The number of hydrogen-bond acceptors (Lipinski definition) is 4. The third kappa shape index (κ3) is 27.1. The maximum Gasteiger partial charge on any atom is 1.00 e. The van der Waals surface area contributed by atoms with Crippen LogP contribution in [0.5, 0.6) is 0 Å². The van der Waals surface area contributed by atoms with Gasteiger partial charge in [-0.1, -0.05) is 90.4 Å². The summed E-state index contributed by atoms with van der Waals surface area (Å²) in [6, 6.07) is 0. The molecule has 0 fully saturated rings. The average molecular weight is 401 g/mol. The fraction of sp³-hybridized carbons (Fsp3) is 1.00. The van der Waals surface area contributed by atoms with Crippen molar-refractivity contribution in [1.29, 1.82) is 0 Å². The summed E-state index contributed by atoms with van der Waals surface area (Å²) in [4.78, 5) is 0. The monoisotopic (exact) mass is 400 g/mol.